The average Bonchev–Trinajstić information content (AvgIpc) is 2.83. The molecule has 3 aliphatic rings. The highest BCUT2D eigenvalue weighted by Gasteiger charge is 2.45. The summed E-state index contributed by atoms with van der Waals surface area (Å²) in [6, 6.07) is 0. The summed E-state index contributed by atoms with van der Waals surface area (Å²) in [6.07, 6.45) is 13.3. The molecule has 0 aromatic heterocycles. The summed E-state index contributed by atoms with van der Waals surface area (Å²) in [5.74, 6) is 0.259. The molecule has 19 heavy (non-hydrogen) atoms. The van der Waals surface area contributed by atoms with E-state index >= 15 is 0 Å². The molecule has 3 heteroatoms. The number of likely N-dealkylation sites (tertiary alicyclic amines) is 1. The molecule has 0 bridgehead atoms. The second-order valence-corrected chi connectivity index (χ2v) is 7.25. The van der Waals surface area contributed by atoms with Crippen molar-refractivity contribution in [2.45, 2.75) is 76.2 Å². The lowest BCUT2D eigenvalue weighted by molar-refractivity contribution is -0.137. The maximum Gasteiger partial charge on any atom is 0.242 e. The Kier molecular flexibility index (Phi) is 3.59. The molecule has 3 rings (SSSR count). The molecule has 1 saturated heterocycles. The second-order valence-electron chi connectivity index (χ2n) is 7.25. The fraction of sp³-hybridized carbons (Fsp3) is 0.938. The van der Waals surface area contributed by atoms with Crippen molar-refractivity contribution >= 4 is 5.91 Å². The lowest BCUT2D eigenvalue weighted by atomic mass is 9.73. The van der Waals surface area contributed by atoms with Gasteiger partial charge in [-0.05, 0) is 37.5 Å². The minimum absolute atomic E-state index is 0.259. The summed E-state index contributed by atoms with van der Waals surface area (Å²) < 4.78 is 0. The monoisotopic (exact) mass is 264 g/mol. The van der Waals surface area contributed by atoms with Crippen LogP contribution in [-0.2, 0) is 4.79 Å². The molecule has 0 atom stereocenters. The van der Waals surface area contributed by atoms with E-state index < -0.39 is 5.54 Å². The van der Waals surface area contributed by atoms with Crippen LogP contribution in [-0.4, -0.2) is 29.4 Å². The van der Waals surface area contributed by atoms with Gasteiger partial charge in [-0.1, -0.05) is 38.5 Å². The van der Waals surface area contributed by atoms with E-state index in [1.165, 1.54) is 44.9 Å². The summed E-state index contributed by atoms with van der Waals surface area (Å²) in [4.78, 5) is 14.9. The van der Waals surface area contributed by atoms with Crippen LogP contribution in [0.5, 0.6) is 0 Å². The molecule has 3 fully saturated rings. The number of rotatable bonds is 1. The molecule has 2 saturated carbocycles. The van der Waals surface area contributed by atoms with Crippen molar-refractivity contribution in [3.05, 3.63) is 0 Å². The van der Waals surface area contributed by atoms with E-state index in [9.17, 15) is 4.79 Å². The molecule has 1 amide bonds. The minimum atomic E-state index is -0.529. The van der Waals surface area contributed by atoms with E-state index in [4.69, 9.17) is 5.73 Å². The molecule has 0 unspecified atom stereocenters. The first kappa shape index (κ1) is 13.4. The predicted octanol–water partition coefficient (Wildman–Crippen LogP) is 2.83. The number of carbonyl (C=O) groups is 1. The zero-order chi connectivity index (χ0) is 13.3. The topological polar surface area (TPSA) is 46.3 Å². The van der Waals surface area contributed by atoms with Gasteiger partial charge in [0.25, 0.3) is 0 Å². The van der Waals surface area contributed by atoms with Crippen molar-refractivity contribution in [3.63, 3.8) is 0 Å². The minimum Gasteiger partial charge on any atom is -0.341 e. The van der Waals surface area contributed by atoms with Gasteiger partial charge in [-0.15, -0.1) is 0 Å². The van der Waals surface area contributed by atoms with E-state index in [1.54, 1.807) is 0 Å². The molecular weight excluding hydrogens is 236 g/mol. The van der Waals surface area contributed by atoms with Gasteiger partial charge in [-0.25, -0.2) is 0 Å². The van der Waals surface area contributed by atoms with Crippen LogP contribution >= 0.6 is 0 Å². The number of carbonyl (C=O) groups excluding carboxylic acids is 1. The molecular formula is C16H28N2O. The van der Waals surface area contributed by atoms with Crippen molar-refractivity contribution in [2.75, 3.05) is 13.1 Å². The summed E-state index contributed by atoms with van der Waals surface area (Å²) >= 11 is 0. The first-order valence-corrected chi connectivity index (χ1v) is 8.22. The molecule has 3 nitrogen and oxygen atoms in total. The number of nitrogens with zero attached hydrogens (tertiary/aromatic N) is 1. The Bertz CT molecular complexity index is 341. The number of nitrogens with two attached hydrogens (primary N) is 1. The maximum atomic E-state index is 12.7. The van der Waals surface area contributed by atoms with Crippen LogP contribution < -0.4 is 5.73 Å². The standard InChI is InChI=1S/C16H28N2O/c17-16(9-5-2-6-10-16)14(19)18-12-11-15(13-18)7-3-1-4-8-15/h1-13,17H2. The molecule has 0 radical (unpaired) electrons. The van der Waals surface area contributed by atoms with Crippen molar-refractivity contribution in [3.8, 4) is 0 Å². The summed E-state index contributed by atoms with van der Waals surface area (Å²) in [6.45, 7) is 1.95. The first-order chi connectivity index (χ1) is 9.14. The lowest BCUT2D eigenvalue weighted by Crippen LogP contribution is -2.56. The second kappa shape index (κ2) is 5.08. The molecule has 0 aromatic carbocycles. The Morgan fingerprint density at radius 1 is 0.842 bits per heavy atom. The molecule has 1 spiro atoms. The van der Waals surface area contributed by atoms with Gasteiger partial charge in [0.05, 0.1) is 5.54 Å². The van der Waals surface area contributed by atoms with Crippen molar-refractivity contribution in [2.24, 2.45) is 11.1 Å². The van der Waals surface area contributed by atoms with E-state index in [1.807, 2.05) is 0 Å². The normalized spacial score (nSPS) is 29.6. The Morgan fingerprint density at radius 3 is 2.05 bits per heavy atom. The molecule has 1 aliphatic heterocycles. The van der Waals surface area contributed by atoms with Crippen LogP contribution in [0.3, 0.4) is 0 Å². The molecule has 0 aromatic rings. The zero-order valence-corrected chi connectivity index (χ0v) is 12.1. The zero-order valence-electron chi connectivity index (χ0n) is 12.1. The van der Waals surface area contributed by atoms with Gasteiger partial charge in [0, 0.05) is 13.1 Å². The number of amides is 1. The van der Waals surface area contributed by atoms with Crippen LogP contribution in [0.2, 0.25) is 0 Å². The summed E-state index contributed by atoms with van der Waals surface area (Å²) in [7, 11) is 0. The highest BCUT2D eigenvalue weighted by Crippen LogP contribution is 2.44. The van der Waals surface area contributed by atoms with Crippen LogP contribution in [0.25, 0.3) is 0 Å². The third-order valence-electron chi connectivity index (χ3n) is 5.81. The van der Waals surface area contributed by atoms with Gasteiger partial charge >= 0.3 is 0 Å². The molecule has 2 N–H and O–H groups in total. The van der Waals surface area contributed by atoms with E-state index in [2.05, 4.69) is 4.90 Å². The molecule has 108 valence electrons. The van der Waals surface area contributed by atoms with Gasteiger partial charge in [-0.2, -0.15) is 0 Å². The molecule has 2 aliphatic carbocycles. The van der Waals surface area contributed by atoms with E-state index in [-0.39, 0.29) is 5.91 Å². The number of hydrogen-bond donors (Lipinski definition) is 1. The van der Waals surface area contributed by atoms with Crippen molar-refractivity contribution in [1.29, 1.82) is 0 Å². The van der Waals surface area contributed by atoms with Crippen LogP contribution in [0.4, 0.5) is 0 Å². The van der Waals surface area contributed by atoms with E-state index in [0.717, 1.165) is 38.8 Å². The van der Waals surface area contributed by atoms with Gasteiger partial charge in [0.15, 0.2) is 0 Å². The maximum absolute atomic E-state index is 12.7. The smallest absolute Gasteiger partial charge is 0.242 e. The largest absolute Gasteiger partial charge is 0.341 e. The first-order valence-electron chi connectivity index (χ1n) is 8.22. The average molecular weight is 264 g/mol. The Labute approximate surface area is 116 Å². The fourth-order valence-electron chi connectivity index (χ4n) is 4.53. The quantitative estimate of drug-likeness (QED) is 0.791. The highest BCUT2D eigenvalue weighted by molar-refractivity contribution is 5.86. The molecule has 1 heterocycles. The van der Waals surface area contributed by atoms with Crippen LogP contribution in [0.1, 0.15) is 70.6 Å². The highest BCUT2D eigenvalue weighted by atomic mass is 16.2. The van der Waals surface area contributed by atoms with Gasteiger partial charge in [0.2, 0.25) is 5.91 Å². The third-order valence-corrected chi connectivity index (χ3v) is 5.81. The Morgan fingerprint density at radius 2 is 1.42 bits per heavy atom. The van der Waals surface area contributed by atoms with Crippen molar-refractivity contribution < 1.29 is 4.79 Å². The van der Waals surface area contributed by atoms with Gasteiger partial charge < -0.3 is 10.6 Å². The lowest BCUT2D eigenvalue weighted by Gasteiger charge is -2.37. The predicted molar refractivity (Wildman–Crippen MR) is 76.7 cm³/mol. The van der Waals surface area contributed by atoms with Crippen LogP contribution in [0.15, 0.2) is 0 Å². The Hall–Kier alpha value is -0.570. The summed E-state index contributed by atoms with van der Waals surface area (Å²) in [5, 5.41) is 0. The number of hydrogen-bond acceptors (Lipinski definition) is 2. The summed E-state index contributed by atoms with van der Waals surface area (Å²) in [5.41, 5.74) is 6.34. The van der Waals surface area contributed by atoms with Gasteiger partial charge in [-0.3, -0.25) is 4.79 Å². The van der Waals surface area contributed by atoms with Gasteiger partial charge in [0.1, 0.15) is 0 Å². The Balaban J connectivity index is 1.65. The van der Waals surface area contributed by atoms with Crippen LogP contribution in [0, 0.1) is 5.41 Å². The third kappa shape index (κ3) is 2.54. The van der Waals surface area contributed by atoms with E-state index in [0.29, 0.717) is 5.41 Å². The SMILES string of the molecule is NC1(C(=O)N2CCC3(CCCCC3)C2)CCCCC1. The van der Waals surface area contributed by atoms with Crippen molar-refractivity contribution in [1.82, 2.24) is 4.90 Å². The fourth-order valence-corrected chi connectivity index (χ4v) is 4.53.